The van der Waals surface area contributed by atoms with Crippen LogP contribution in [-0.4, -0.2) is 53.2 Å². The van der Waals surface area contributed by atoms with Gasteiger partial charge in [-0.3, -0.25) is 15.2 Å². The fraction of sp³-hybridized carbons (Fsp3) is 0.435. The minimum absolute atomic E-state index is 0. The zero-order chi connectivity index (χ0) is 22.0. The third-order valence-corrected chi connectivity index (χ3v) is 6.47. The van der Waals surface area contributed by atoms with E-state index in [0.29, 0.717) is 38.2 Å². The molecular formula is C23H29Cl2N5O3-2. The minimum Gasteiger partial charge on any atom is -1.00 e. The van der Waals surface area contributed by atoms with Crippen LogP contribution in [0.3, 0.4) is 0 Å². The first-order valence-corrected chi connectivity index (χ1v) is 10.6. The lowest BCUT2D eigenvalue weighted by molar-refractivity contribution is -0.152. The number of nitrogens with one attached hydrogen (secondary N) is 1. The van der Waals surface area contributed by atoms with Gasteiger partial charge in [-0.15, -0.1) is 0 Å². The van der Waals surface area contributed by atoms with Gasteiger partial charge in [0.25, 0.3) is 0 Å². The Kier molecular flexibility index (Phi) is 8.80. The van der Waals surface area contributed by atoms with Crippen LogP contribution in [-0.2, 0) is 17.8 Å². The topological polar surface area (TPSA) is 116 Å². The van der Waals surface area contributed by atoms with Gasteiger partial charge in [0.1, 0.15) is 17.8 Å². The Balaban J connectivity index is 0.00000193. The number of ether oxygens (including phenoxy) is 1. The summed E-state index contributed by atoms with van der Waals surface area (Å²) < 4.78 is 6.02. The van der Waals surface area contributed by atoms with Gasteiger partial charge in [0.05, 0.1) is 0 Å². The lowest BCUT2D eigenvalue weighted by Crippen LogP contribution is -3.00. The molecule has 0 saturated carbocycles. The smallest absolute Gasteiger partial charge is 0.313 e. The van der Waals surface area contributed by atoms with E-state index in [-0.39, 0.29) is 37.4 Å². The van der Waals surface area contributed by atoms with Crippen molar-refractivity contribution in [3.8, 4) is 5.75 Å². The minimum atomic E-state index is -0.903. The van der Waals surface area contributed by atoms with Crippen LogP contribution < -0.4 is 40.2 Å². The monoisotopic (exact) mass is 493 g/mol. The number of carbonyl (C=O) groups is 1. The number of piperidine rings is 1. The molecule has 0 amide bonds. The fourth-order valence-electron chi connectivity index (χ4n) is 4.39. The number of halogens is 2. The number of pyridine rings is 1. The fourth-order valence-corrected chi connectivity index (χ4v) is 4.39. The first-order chi connectivity index (χ1) is 14.9. The second-order valence-electron chi connectivity index (χ2n) is 8.50. The van der Waals surface area contributed by atoms with Crippen molar-refractivity contribution < 1.29 is 39.5 Å². The molecule has 8 nitrogen and oxygen atoms in total. The van der Waals surface area contributed by atoms with E-state index >= 15 is 0 Å². The van der Waals surface area contributed by atoms with Crippen LogP contribution in [0.2, 0.25) is 0 Å². The highest BCUT2D eigenvalue weighted by atomic mass is 35.5. The van der Waals surface area contributed by atoms with E-state index < -0.39 is 11.4 Å². The van der Waals surface area contributed by atoms with Crippen LogP contribution in [0.15, 0.2) is 36.5 Å². The molecule has 1 aromatic heterocycles. The van der Waals surface area contributed by atoms with Crippen molar-refractivity contribution in [2.45, 2.75) is 32.7 Å². The van der Waals surface area contributed by atoms with Crippen molar-refractivity contribution in [3.63, 3.8) is 0 Å². The number of guanidine groups is 1. The Morgan fingerprint density at radius 2 is 1.91 bits per heavy atom. The number of carboxylic acid groups (broad SMARTS) is 1. The lowest BCUT2D eigenvalue weighted by Gasteiger charge is -2.39. The Bertz CT molecular complexity index is 996. The second-order valence-corrected chi connectivity index (χ2v) is 8.50. The third kappa shape index (κ3) is 5.81. The number of aliphatic carboxylic acids is 1. The molecule has 0 radical (unpaired) electrons. The molecule has 0 aliphatic carbocycles. The third-order valence-electron chi connectivity index (χ3n) is 6.47. The van der Waals surface area contributed by atoms with Gasteiger partial charge >= 0.3 is 5.97 Å². The standard InChI is InChI=1S/C23H29N5O3.2ClH/c1-16-12-19(4-8-26-16)27-10-6-23(7-11-27,21(29)30)15-31-20-3-2-17-5-9-28(22(24)25)14-18(17)13-20;;/h2-4,8,12-13H,5-7,9-11,14-15H2,1H3,(H3,24,25)(H,29,30);2*1H/p-2. The summed E-state index contributed by atoms with van der Waals surface area (Å²) in [6.45, 7) is 4.73. The predicted molar refractivity (Wildman–Crippen MR) is 118 cm³/mol. The Morgan fingerprint density at radius 1 is 1.18 bits per heavy atom. The van der Waals surface area contributed by atoms with Crippen molar-refractivity contribution in [1.29, 1.82) is 5.41 Å². The van der Waals surface area contributed by atoms with Crippen molar-refractivity contribution in [3.05, 3.63) is 53.3 Å². The zero-order valence-electron chi connectivity index (χ0n) is 18.6. The second kappa shape index (κ2) is 10.9. The van der Waals surface area contributed by atoms with Crippen molar-refractivity contribution >= 4 is 17.6 Å². The van der Waals surface area contributed by atoms with E-state index in [1.165, 1.54) is 5.56 Å². The average molecular weight is 494 g/mol. The SMILES string of the molecule is Cc1cc(N2CCC(COc3ccc4c(c3)CN(C(=N)N)CC4)(C(=O)O)CC2)ccn1.[Cl-].[Cl-]. The molecule has 4 rings (SSSR count). The molecule has 4 N–H and O–H groups in total. The number of benzene rings is 1. The largest absolute Gasteiger partial charge is 1.00 e. The number of nitrogens with two attached hydrogens (primary N) is 1. The number of hydrogen-bond acceptors (Lipinski definition) is 5. The summed E-state index contributed by atoms with van der Waals surface area (Å²) in [5.74, 6) is -0.0753. The van der Waals surface area contributed by atoms with Gasteiger partial charge in [-0.1, -0.05) is 6.07 Å². The van der Waals surface area contributed by atoms with Crippen molar-refractivity contribution in [2.75, 3.05) is 31.1 Å². The van der Waals surface area contributed by atoms with Crippen LogP contribution in [0.5, 0.6) is 5.75 Å². The first-order valence-electron chi connectivity index (χ1n) is 10.6. The van der Waals surface area contributed by atoms with Gasteiger partial charge in [-0.2, -0.15) is 0 Å². The number of anilines is 1. The van der Waals surface area contributed by atoms with Gasteiger partial charge in [-0.25, -0.2) is 0 Å². The van der Waals surface area contributed by atoms with Crippen molar-refractivity contribution in [2.24, 2.45) is 11.1 Å². The Morgan fingerprint density at radius 3 is 2.55 bits per heavy atom. The van der Waals surface area contributed by atoms with Gasteiger partial charge in [-0.05, 0) is 61.6 Å². The molecule has 0 unspecified atom stereocenters. The van der Waals surface area contributed by atoms with Crippen LogP contribution in [0.1, 0.15) is 29.7 Å². The quantitative estimate of drug-likeness (QED) is 0.291. The van der Waals surface area contributed by atoms with E-state index in [1.54, 1.807) is 6.20 Å². The summed E-state index contributed by atoms with van der Waals surface area (Å²) in [5, 5.41) is 17.7. The normalized spacial score (nSPS) is 16.6. The van der Waals surface area contributed by atoms with Gasteiger partial charge in [0.15, 0.2) is 5.96 Å². The van der Waals surface area contributed by atoms with E-state index in [2.05, 4.69) is 9.88 Å². The molecule has 33 heavy (non-hydrogen) atoms. The molecule has 180 valence electrons. The maximum atomic E-state index is 12.2. The molecule has 2 aliphatic rings. The van der Waals surface area contributed by atoms with Gasteiger partial charge in [0, 0.05) is 43.8 Å². The highest BCUT2D eigenvalue weighted by molar-refractivity contribution is 5.76. The summed E-state index contributed by atoms with van der Waals surface area (Å²) in [4.78, 5) is 20.5. The number of aryl methyl sites for hydroxylation is 1. The molecular weight excluding hydrogens is 465 g/mol. The van der Waals surface area contributed by atoms with E-state index in [9.17, 15) is 9.90 Å². The van der Waals surface area contributed by atoms with E-state index in [0.717, 1.165) is 29.9 Å². The number of rotatable bonds is 5. The van der Waals surface area contributed by atoms with E-state index in [1.807, 2.05) is 42.2 Å². The number of hydrogen-bond donors (Lipinski definition) is 3. The molecule has 1 saturated heterocycles. The maximum Gasteiger partial charge on any atom is 0.313 e. The molecule has 3 heterocycles. The molecule has 0 atom stereocenters. The summed E-state index contributed by atoms with van der Waals surface area (Å²) in [6, 6.07) is 9.89. The molecule has 0 spiro atoms. The number of carboxylic acids is 1. The molecule has 1 fully saturated rings. The zero-order valence-corrected chi connectivity index (χ0v) is 20.1. The first kappa shape index (κ1) is 26.5. The molecule has 0 bridgehead atoms. The number of aromatic nitrogens is 1. The van der Waals surface area contributed by atoms with Crippen LogP contribution in [0.25, 0.3) is 0 Å². The maximum absolute atomic E-state index is 12.2. The molecule has 2 aromatic rings. The van der Waals surface area contributed by atoms with Crippen LogP contribution >= 0.6 is 0 Å². The van der Waals surface area contributed by atoms with Gasteiger partial charge < -0.3 is 50.2 Å². The Hall–Kier alpha value is -2.71. The van der Waals surface area contributed by atoms with Crippen LogP contribution in [0, 0.1) is 17.7 Å². The molecule has 1 aromatic carbocycles. The van der Waals surface area contributed by atoms with E-state index in [4.69, 9.17) is 15.9 Å². The predicted octanol–water partition coefficient (Wildman–Crippen LogP) is -3.60. The summed E-state index contributed by atoms with van der Waals surface area (Å²) in [6.07, 6.45) is 3.66. The number of fused-ring (bicyclic) bond motifs is 1. The summed E-state index contributed by atoms with van der Waals surface area (Å²) in [7, 11) is 0. The van der Waals surface area contributed by atoms with Crippen LogP contribution in [0.4, 0.5) is 5.69 Å². The lowest BCUT2D eigenvalue weighted by atomic mass is 9.79. The molecule has 10 heteroatoms. The highest BCUT2D eigenvalue weighted by Gasteiger charge is 2.42. The average Bonchev–Trinajstić information content (AvgIpc) is 2.77. The van der Waals surface area contributed by atoms with Crippen molar-refractivity contribution in [1.82, 2.24) is 9.88 Å². The summed E-state index contributed by atoms with van der Waals surface area (Å²) >= 11 is 0. The van der Waals surface area contributed by atoms with Gasteiger partial charge in [0.2, 0.25) is 0 Å². The Labute approximate surface area is 206 Å². The number of nitrogens with zero attached hydrogens (tertiary/aromatic N) is 3. The molecule has 2 aliphatic heterocycles. The summed E-state index contributed by atoms with van der Waals surface area (Å²) in [5.41, 5.74) is 9.06. The highest BCUT2D eigenvalue weighted by Crippen LogP contribution is 2.35.